The van der Waals surface area contributed by atoms with Gasteiger partial charge in [-0.2, -0.15) is 0 Å². The van der Waals surface area contributed by atoms with E-state index in [2.05, 4.69) is 5.32 Å². The van der Waals surface area contributed by atoms with Gasteiger partial charge < -0.3 is 19.7 Å². The zero-order valence-corrected chi connectivity index (χ0v) is 25.1. The number of amides is 2. The predicted molar refractivity (Wildman–Crippen MR) is 158 cm³/mol. The molecule has 1 aliphatic heterocycles. The number of fused-ring (bicyclic) bond motifs is 1. The molecule has 3 aromatic rings. The van der Waals surface area contributed by atoms with Crippen LogP contribution in [0.15, 0.2) is 71.6 Å². The Morgan fingerprint density at radius 2 is 1.67 bits per heavy atom. The summed E-state index contributed by atoms with van der Waals surface area (Å²) in [5.41, 5.74) is 0.656. The monoisotopic (exact) mass is 617 g/mol. The molecule has 1 aliphatic rings. The van der Waals surface area contributed by atoms with Crippen molar-refractivity contribution in [3.8, 4) is 11.5 Å². The number of carbonyl (C=O) groups excluding carboxylic acids is 2. The summed E-state index contributed by atoms with van der Waals surface area (Å²) < 4.78 is 53.9. The molecule has 0 aromatic heterocycles. The van der Waals surface area contributed by atoms with Crippen LogP contribution in [0.1, 0.15) is 32.8 Å². The van der Waals surface area contributed by atoms with Crippen LogP contribution in [0, 0.1) is 5.82 Å². The highest BCUT2D eigenvalue weighted by Gasteiger charge is 2.34. The summed E-state index contributed by atoms with van der Waals surface area (Å²) in [6, 6.07) is 14.8. The van der Waals surface area contributed by atoms with Gasteiger partial charge in [0.2, 0.25) is 11.8 Å². The molecule has 4 rings (SSSR count). The van der Waals surface area contributed by atoms with Crippen molar-refractivity contribution in [3.63, 3.8) is 0 Å². The van der Waals surface area contributed by atoms with Gasteiger partial charge in [0.15, 0.2) is 11.5 Å². The van der Waals surface area contributed by atoms with E-state index in [-0.39, 0.29) is 47.9 Å². The van der Waals surface area contributed by atoms with Crippen molar-refractivity contribution in [2.24, 2.45) is 0 Å². The Labute approximate surface area is 250 Å². The highest BCUT2D eigenvalue weighted by Crippen LogP contribution is 2.34. The Balaban J connectivity index is 1.75. The molecule has 224 valence electrons. The van der Waals surface area contributed by atoms with Gasteiger partial charge in [-0.15, -0.1) is 0 Å². The summed E-state index contributed by atoms with van der Waals surface area (Å²) in [7, 11) is -4.38. The van der Waals surface area contributed by atoms with Crippen LogP contribution >= 0.6 is 11.6 Å². The van der Waals surface area contributed by atoms with Gasteiger partial charge in [0, 0.05) is 23.7 Å². The minimum Gasteiger partial charge on any atom is -0.486 e. The van der Waals surface area contributed by atoms with Gasteiger partial charge in [0.25, 0.3) is 10.0 Å². The SMILES string of the molecule is CC[C@@H](C(=O)NC(C)C)N(Cc1ccccc1Cl)C(=O)CN(c1ccc(F)cc1)S(=O)(=O)c1ccc2c(c1)OCCO2. The summed E-state index contributed by atoms with van der Waals surface area (Å²) in [4.78, 5) is 28.5. The first-order valence-corrected chi connectivity index (χ1v) is 15.3. The van der Waals surface area contributed by atoms with Crippen molar-refractivity contribution in [2.45, 2.75) is 50.7 Å². The fourth-order valence-corrected chi connectivity index (χ4v) is 6.18. The first kappa shape index (κ1) is 31.1. The quantitative estimate of drug-likeness (QED) is 0.332. The molecule has 3 aromatic carbocycles. The average Bonchev–Trinajstić information content (AvgIpc) is 2.96. The molecule has 0 aliphatic carbocycles. The summed E-state index contributed by atoms with van der Waals surface area (Å²) in [5.74, 6) is -0.942. The van der Waals surface area contributed by atoms with Gasteiger partial charge in [-0.3, -0.25) is 13.9 Å². The lowest BCUT2D eigenvalue weighted by molar-refractivity contribution is -0.140. The smallest absolute Gasteiger partial charge is 0.264 e. The zero-order valence-electron chi connectivity index (χ0n) is 23.5. The molecule has 1 atom stereocenters. The Hall–Kier alpha value is -3.83. The number of nitrogens with zero attached hydrogens (tertiary/aromatic N) is 2. The van der Waals surface area contributed by atoms with Crippen molar-refractivity contribution in [2.75, 3.05) is 24.1 Å². The number of rotatable bonds is 11. The Morgan fingerprint density at radius 1 is 1.00 bits per heavy atom. The third kappa shape index (κ3) is 7.14. The molecule has 9 nitrogen and oxygen atoms in total. The second-order valence-electron chi connectivity index (χ2n) is 9.99. The maximum absolute atomic E-state index is 14.1. The fraction of sp³-hybridized carbons (Fsp3) is 0.333. The molecule has 12 heteroatoms. The van der Waals surface area contributed by atoms with E-state index in [1.807, 2.05) is 0 Å². The summed E-state index contributed by atoms with van der Waals surface area (Å²) >= 11 is 6.41. The van der Waals surface area contributed by atoms with Crippen LogP contribution in [0.5, 0.6) is 11.5 Å². The number of carbonyl (C=O) groups is 2. The fourth-order valence-electron chi connectivity index (χ4n) is 4.56. The van der Waals surface area contributed by atoms with Crippen molar-refractivity contribution in [3.05, 3.63) is 83.1 Å². The van der Waals surface area contributed by atoms with Crippen LogP contribution in [-0.2, 0) is 26.2 Å². The molecule has 1 N–H and O–H groups in total. The Kier molecular flexibility index (Phi) is 9.95. The minimum absolute atomic E-state index is 0.0378. The molecule has 0 spiro atoms. The van der Waals surface area contributed by atoms with Crippen LogP contribution in [-0.4, -0.2) is 57.0 Å². The number of hydrogen-bond donors (Lipinski definition) is 1. The largest absolute Gasteiger partial charge is 0.486 e. The van der Waals surface area contributed by atoms with Gasteiger partial charge in [-0.1, -0.05) is 36.7 Å². The van der Waals surface area contributed by atoms with E-state index < -0.39 is 34.3 Å². The maximum Gasteiger partial charge on any atom is 0.264 e. The molecule has 0 saturated heterocycles. The molecule has 42 heavy (non-hydrogen) atoms. The van der Waals surface area contributed by atoms with Crippen molar-refractivity contribution in [1.82, 2.24) is 10.2 Å². The number of halogens is 2. The third-order valence-electron chi connectivity index (χ3n) is 6.61. The van der Waals surface area contributed by atoms with Crippen molar-refractivity contribution >= 4 is 39.1 Å². The van der Waals surface area contributed by atoms with Gasteiger partial charge in [0.1, 0.15) is 31.6 Å². The van der Waals surface area contributed by atoms with E-state index in [1.165, 1.54) is 35.2 Å². The van der Waals surface area contributed by atoms with Gasteiger partial charge in [0.05, 0.1) is 10.6 Å². The van der Waals surface area contributed by atoms with Crippen LogP contribution in [0.25, 0.3) is 0 Å². The number of sulfonamides is 1. The molecule has 0 saturated carbocycles. The van der Waals surface area contributed by atoms with E-state index in [9.17, 15) is 22.4 Å². The molecule has 0 radical (unpaired) electrons. The number of benzene rings is 3. The van der Waals surface area contributed by atoms with Gasteiger partial charge >= 0.3 is 0 Å². The maximum atomic E-state index is 14.1. The number of hydrogen-bond acceptors (Lipinski definition) is 6. The van der Waals surface area contributed by atoms with E-state index in [4.69, 9.17) is 21.1 Å². The summed E-state index contributed by atoms with van der Waals surface area (Å²) in [6.45, 7) is 5.26. The lowest BCUT2D eigenvalue weighted by Crippen LogP contribution is -2.53. The van der Waals surface area contributed by atoms with Crippen LogP contribution in [0.4, 0.5) is 10.1 Å². The molecule has 1 heterocycles. The molecular weight excluding hydrogens is 585 g/mol. The first-order valence-electron chi connectivity index (χ1n) is 13.5. The molecule has 0 bridgehead atoms. The lowest BCUT2D eigenvalue weighted by atomic mass is 10.1. The predicted octanol–water partition coefficient (Wildman–Crippen LogP) is 4.78. The standard InChI is InChI=1S/C30H33ClFN3O6S/c1-4-26(30(37)33-20(2)3)34(18-21-7-5-6-8-25(21)31)29(36)19-35(23-11-9-22(32)10-12-23)42(38,39)24-13-14-27-28(17-24)41-16-15-40-27/h5-14,17,20,26H,4,15-16,18-19H2,1-3H3,(H,33,37)/t26-/m0/s1. The number of anilines is 1. The number of ether oxygens (including phenoxy) is 2. The molecule has 2 amide bonds. The van der Waals surface area contributed by atoms with Crippen molar-refractivity contribution < 1.29 is 31.9 Å². The third-order valence-corrected chi connectivity index (χ3v) is 8.75. The molecular formula is C30H33ClFN3O6S. The molecule has 0 fully saturated rings. The normalized spacial score (nSPS) is 13.4. The average molecular weight is 618 g/mol. The van der Waals surface area contributed by atoms with E-state index in [0.29, 0.717) is 22.9 Å². The zero-order chi connectivity index (χ0) is 30.4. The Morgan fingerprint density at radius 3 is 2.31 bits per heavy atom. The second-order valence-corrected chi connectivity index (χ2v) is 12.3. The van der Waals surface area contributed by atoms with Crippen molar-refractivity contribution in [1.29, 1.82) is 0 Å². The van der Waals surface area contributed by atoms with E-state index in [0.717, 1.165) is 16.4 Å². The first-order chi connectivity index (χ1) is 20.0. The van der Waals surface area contributed by atoms with Crippen LogP contribution < -0.4 is 19.1 Å². The van der Waals surface area contributed by atoms with Crippen LogP contribution in [0.3, 0.4) is 0 Å². The number of nitrogens with one attached hydrogen (secondary N) is 1. The highest BCUT2D eigenvalue weighted by atomic mass is 35.5. The van der Waals surface area contributed by atoms with Crippen LogP contribution in [0.2, 0.25) is 5.02 Å². The highest BCUT2D eigenvalue weighted by molar-refractivity contribution is 7.92. The van der Waals surface area contributed by atoms with Gasteiger partial charge in [-0.25, -0.2) is 12.8 Å². The molecule has 0 unspecified atom stereocenters. The minimum atomic E-state index is -4.38. The van der Waals surface area contributed by atoms with E-state index in [1.54, 1.807) is 45.0 Å². The lowest BCUT2D eigenvalue weighted by Gasteiger charge is -2.33. The Bertz CT molecular complexity index is 1530. The van der Waals surface area contributed by atoms with E-state index >= 15 is 0 Å². The van der Waals surface area contributed by atoms with Gasteiger partial charge in [-0.05, 0) is 68.3 Å². The second kappa shape index (κ2) is 13.4. The topological polar surface area (TPSA) is 105 Å². The summed E-state index contributed by atoms with van der Waals surface area (Å²) in [5, 5.41) is 3.24. The summed E-state index contributed by atoms with van der Waals surface area (Å²) in [6.07, 6.45) is 0.264.